The fraction of sp³-hybridized carbons (Fsp3) is 0.600. The second-order valence-corrected chi connectivity index (χ2v) is 8.20. The summed E-state index contributed by atoms with van der Waals surface area (Å²) in [4.78, 5) is 15.8. The number of aliphatic hydroxyl groups excluding tert-OH is 1. The summed E-state index contributed by atoms with van der Waals surface area (Å²) in [5.74, 6) is 0.263. The lowest BCUT2D eigenvalue weighted by atomic mass is 9.55. The van der Waals surface area contributed by atoms with Crippen molar-refractivity contribution in [2.24, 2.45) is 22.4 Å². The highest BCUT2D eigenvalue weighted by Gasteiger charge is 2.55. The Kier molecular flexibility index (Phi) is 4.18. The molecule has 0 radical (unpaired) electrons. The third-order valence-electron chi connectivity index (χ3n) is 6.93. The number of carboxylic acid groups (broad SMARTS) is 1. The number of oxime groups is 1. The van der Waals surface area contributed by atoms with Crippen LogP contribution < -0.4 is 0 Å². The van der Waals surface area contributed by atoms with Gasteiger partial charge in [-0.1, -0.05) is 18.1 Å². The van der Waals surface area contributed by atoms with Gasteiger partial charge in [-0.25, -0.2) is 4.79 Å². The number of nitrogens with zero attached hydrogens (tertiary/aromatic N) is 1. The van der Waals surface area contributed by atoms with E-state index in [0.29, 0.717) is 29.9 Å². The summed E-state index contributed by atoms with van der Waals surface area (Å²) >= 11 is 0. The summed E-state index contributed by atoms with van der Waals surface area (Å²) in [6, 6.07) is 5.36. The highest BCUT2D eigenvalue weighted by Crippen LogP contribution is 2.60. The Balaban J connectivity index is 1.72. The van der Waals surface area contributed by atoms with Crippen molar-refractivity contribution in [1.29, 1.82) is 0 Å². The monoisotopic (exact) mass is 359 g/mol. The molecule has 0 bridgehead atoms. The van der Waals surface area contributed by atoms with Crippen molar-refractivity contribution in [2.45, 2.75) is 51.0 Å². The van der Waals surface area contributed by atoms with Crippen LogP contribution in [-0.2, 0) is 9.63 Å². The predicted molar refractivity (Wildman–Crippen MR) is 95.2 cm³/mol. The molecule has 3 N–H and O–H groups in total. The molecule has 0 amide bonds. The van der Waals surface area contributed by atoms with Crippen LogP contribution in [0.15, 0.2) is 23.4 Å². The molecule has 0 spiro atoms. The topological polar surface area (TPSA) is 99.4 Å². The van der Waals surface area contributed by atoms with Crippen LogP contribution in [0.4, 0.5) is 0 Å². The van der Waals surface area contributed by atoms with Crippen LogP contribution in [0.2, 0.25) is 0 Å². The summed E-state index contributed by atoms with van der Waals surface area (Å²) in [7, 11) is 0. The number of aromatic hydroxyl groups is 1. The minimum absolute atomic E-state index is 0.0530. The van der Waals surface area contributed by atoms with Crippen molar-refractivity contribution < 1.29 is 25.0 Å². The van der Waals surface area contributed by atoms with E-state index in [4.69, 9.17) is 9.94 Å². The largest absolute Gasteiger partial charge is 0.508 e. The molecule has 0 unspecified atom stereocenters. The van der Waals surface area contributed by atoms with Gasteiger partial charge in [0.15, 0.2) is 0 Å². The zero-order chi connectivity index (χ0) is 18.5. The lowest BCUT2D eigenvalue weighted by molar-refractivity contribution is -0.142. The molecule has 3 aliphatic rings. The van der Waals surface area contributed by atoms with Crippen LogP contribution >= 0.6 is 0 Å². The molecule has 140 valence electrons. The second kappa shape index (κ2) is 6.27. The molecule has 2 fully saturated rings. The van der Waals surface area contributed by atoms with Gasteiger partial charge in [-0.15, -0.1) is 0 Å². The molecule has 2 saturated carbocycles. The van der Waals surface area contributed by atoms with Gasteiger partial charge >= 0.3 is 5.97 Å². The molecule has 0 aliphatic heterocycles. The maximum atomic E-state index is 10.7. The molecule has 0 heterocycles. The molecule has 1 aromatic rings. The Hall–Kier alpha value is -2.08. The summed E-state index contributed by atoms with van der Waals surface area (Å²) < 4.78 is 0. The molecule has 1 aromatic carbocycles. The molecule has 3 aliphatic carbocycles. The number of hydrogen-bond acceptors (Lipinski definition) is 5. The van der Waals surface area contributed by atoms with E-state index in [0.717, 1.165) is 36.8 Å². The number of carbonyl (C=O) groups is 1. The Bertz CT molecular complexity index is 761. The SMILES string of the molecule is C[C@]12CC[C@@H]3c4ccc(O)cc4/C(=N/OCC(=O)O)C[C@H]3[C@@H]1CC[C@@H]2O. The van der Waals surface area contributed by atoms with Crippen molar-refractivity contribution in [1.82, 2.24) is 0 Å². The van der Waals surface area contributed by atoms with Crippen molar-refractivity contribution >= 4 is 11.7 Å². The zero-order valence-corrected chi connectivity index (χ0v) is 14.9. The summed E-state index contributed by atoms with van der Waals surface area (Å²) in [6.07, 6.45) is 4.30. The maximum absolute atomic E-state index is 10.7. The van der Waals surface area contributed by atoms with E-state index >= 15 is 0 Å². The van der Waals surface area contributed by atoms with Crippen LogP contribution in [0.1, 0.15) is 56.1 Å². The standard InChI is InChI=1S/C20H25NO5/c1-20-7-6-13-12-3-2-11(22)8-15(12)17(21-26-10-19(24)25)9-14(13)16(20)4-5-18(20)23/h2-3,8,13-14,16,18,22-23H,4-7,9-10H2,1H3,(H,24,25)/b21-17+/t13-,14-,16+,18+,20+/m1/s1. The summed E-state index contributed by atoms with van der Waals surface area (Å²) in [5.41, 5.74) is 2.66. The fourth-order valence-corrected chi connectivity index (χ4v) is 5.63. The number of aliphatic hydroxyl groups is 1. The Morgan fingerprint density at radius 1 is 1.35 bits per heavy atom. The van der Waals surface area contributed by atoms with Gasteiger partial charge in [0.2, 0.25) is 6.61 Å². The van der Waals surface area contributed by atoms with E-state index in [1.165, 1.54) is 0 Å². The molecule has 5 atom stereocenters. The van der Waals surface area contributed by atoms with Gasteiger partial charge in [-0.05, 0) is 73.0 Å². The van der Waals surface area contributed by atoms with Crippen LogP contribution in [0, 0.1) is 17.3 Å². The molecule has 0 saturated heterocycles. The predicted octanol–water partition coefficient (Wildman–Crippen LogP) is 2.87. The van der Waals surface area contributed by atoms with Crippen molar-refractivity contribution in [2.75, 3.05) is 6.61 Å². The van der Waals surface area contributed by atoms with Gasteiger partial charge in [0.1, 0.15) is 5.75 Å². The quantitative estimate of drug-likeness (QED) is 0.721. The molecular weight excluding hydrogens is 334 g/mol. The summed E-state index contributed by atoms with van der Waals surface area (Å²) in [6.45, 7) is 1.72. The van der Waals surface area contributed by atoms with E-state index in [1.54, 1.807) is 12.1 Å². The molecular formula is C20H25NO5. The minimum Gasteiger partial charge on any atom is -0.508 e. The number of aliphatic carboxylic acids is 1. The van der Waals surface area contributed by atoms with Gasteiger partial charge in [0.25, 0.3) is 0 Å². The number of rotatable bonds is 3. The van der Waals surface area contributed by atoms with Crippen molar-refractivity contribution in [3.8, 4) is 5.75 Å². The van der Waals surface area contributed by atoms with E-state index < -0.39 is 12.6 Å². The van der Waals surface area contributed by atoms with Crippen molar-refractivity contribution in [3.05, 3.63) is 29.3 Å². The Morgan fingerprint density at radius 3 is 2.92 bits per heavy atom. The smallest absolute Gasteiger partial charge is 0.344 e. The van der Waals surface area contributed by atoms with Gasteiger partial charge < -0.3 is 20.2 Å². The zero-order valence-electron chi connectivity index (χ0n) is 14.9. The third-order valence-corrected chi connectivity index (χ3v) is 6.93. The summed E-state index contributed by atoms with van der Waals surface area (Å²) in [5, 5.41) is 33.3. The highest BCUT2D eigenvalue weighted by molar-refractivity contribution is 6.03. The lowest BCUT2D eigenvalue weighted by Gasteiger charge is -2.50. The maximum Gasteiger partial charge on any atom is 0.344 e. The number of phenols is 1. The number of phenolic OH excluding ortho intramolecular Hbond substituents is 1. The number of carboxylic acids is 1. The average molecular weight is 359 g/mol. The van der Waals surface area contributed by atoms with Gasteiger partial charge in [-0.2, -0.15) is 0 Å². The lowest BCUT2D eigenvalue weighted by Crippen LogP contribution is -2.45. The molecule has 0 aromatic heterocycles. The van der Waals surface area contributed by atoms with Gasteiger partial charge in [0.05, 0.1) is 11.8 Å². The van der Waals surface area contributed by atoms with E-state index in [2.05, 4.69) is 12.1 Å². The number of hydrogen-bond donors (Lipinski definition) is 3. The first-order valence-corrected chi connectivity index (χ1v) is 9.32. The first-order valence-electron chi connectivity index (χ1n) is 9.32. The van der Waals surface area contributed by atoms with Crippen LogP contribution in [0.25, 0.3) is 0 Å². The van der Waals surface area contributed by atoms with Crippen LogP contribution in [0.3, 0.4) is 0 Å². The Morgan fingerprint density at radius 2 is 2.15 bits per heavy atom. The molecule has 4 rings (SSSR count). The Labute approximate surface area is 152 Å². The first kappa shape index (κ1) is 17.3. The van der Waals surface area contributed by atoms with Gasteiger partial charge in [-0.3, -0.25) is 0 Å². The number of fused-ring (bicyclic) bond motifs is 5. The van der Waals surface area contributed by atoms with Crippen molar-refractivity contribution in [3.63, 3.8) is 0 Å². The van der Waals surface area contributed by atoms with E-state index in [1.807, 2.05) is 6.07 Å². The minimum atomic E-state index is -1.07. The third kappa shape index (κ3) is 2.67. The normalized spacial score (nSPS) is 36.9. The van der Waals surface area contributed by atoms with Gasteiger partial charge in [0, 0.05) is 5.56 Å². The highest BCUT2D eigenvalue weighted by atomic mass is 16.6. The second-order valence-electron chi connectivity index (χ2n) is 8.20. The molecule has 6 heteroatoms. The average Bonchev–Trinajstić information content (AvgIpc) is 2.90. The van der Waals surface area contributed by atoms with E-state index in [9.17, 15) is 15.0 Å². The first-order chi connectivity index (χ1) is 12.4. The molecule has 26 heavy (non-hydrogen) atoms. The van der Waals surface area contributed by atoms with E-state index in [-0.39, 0.29) is 17.3 Å². The number of benzene rings is 1. The fourth-order valence-electron chi connectivity index (χ4n) is 5.63. The van der Waals surface area contributed by atoms with Crippen LogP contribution in [-0.4, -0.2) is 39.7 Å². The van der Waals surface area contributed by atoms with Crippen LogP contribution in [0.5, 0.6) is 5.75 Å². The molecule has 6 nitrogen and oxygen atoms in total.